The summed E-state index contributed by atoms with van der Waals surface area (Å²) < 4.78 is 20.4. The Hall–Kier alpha value is 0.708. The van der Waals surface area contributed by atoms with Crippen molar-refractivity contribution in [1.82, 2.24) is 0 Å². The summed E-state index contributed by atoms with van der Waals surface area (Å²) in [6.07, 6.45) is 0. The minimum absolute atomic E-state index is 0. The highest BCUT2D eigenvalue weighted by Crippen LogP contribution is 1.79. The van der Waals surface area contributed by atoms with Gasteiger partial charge in [0.05, 0.1) is 0 Å². The van der Waals surface area contributed by atoms with Gasteiger partial charge >= 0.3 is 0 Å². The molecule has 8 heavy (non-hydrogen) atoms. The Balaban J connectivity index is 0. The van der Waals surface area contributed by atoms with Gasteiger partial charge in [0.15, 0.2) is 0 Å². The maximum absolute atomic E-state index is 5.10. The SMILES string of the molecule is O1[SiH2]O[SiH2]O[SiH2]O[SiH2]1.[HH].[HH]. The van der Waals surface area contributed by atoms with E-state index < -0.39 is 40.0 Å². The van der Waals surface area contributed by atoms with Crippen molar-refractivity contribution in [3.8, 4) is 0 Å². The fourth-order valence-corrected chi connectivity index (χ4v) is 7.59. The molecular weight excluding hydrogens is 176 g/mol. The highest BCUT2D eigenvalue weighted by Gasteiger charge is 1.97. The average Bonchev–Trinajstić information content (AvgIpc) is 1.62. The minimum atomic E-state index is -0.653. The summed E-state index contributed by atoms with van der Waals surface area (Å²) in [7, 11) is -2.61. The number of rotatable bonds is 0. The van der Waals surface area contributed by atoms with Gasteiger partial charge in [-0.3, -0.25) is 0 Å². The van der Waals surface area contributed by atoms with Crippen LogP contribution in [0.3, 0.4) is 0 Å². The molecule has 0 aromatic rings. The smallest absolute Gasteiger partial charge is 0.286 e. The first-order chi connectivity index (χ1) is 4.00. The Morgan fingerprint density at radius 1 is 0.625 bits per heavy atom. The van der Waals surface area contributed by atoms with Crippen LogP contribution in [0.5, 0.6) is 0 Å². The van der Waals surface area contributed by atoms with Crippen LogP contribution in [0, 0.1) is 0 Å². The Morgan fingerprint density at radius 2 is 0.875 bits per heavy atom. The first-order valence-electron chi connectivity index (χ1n) is 2.31. The Bertz CT molecular complexity index is 39.2. The van der Waals surface area contributed by atoms with E-state index in [0.717, 1.165) is 0 Å². The van der Waals surface area contributed by atoms with Crippen LogP contribution in [0.2, 0.25) is 0 Å². The first kappa shape index (κ1) is 6.82. The zero-order chi connectivity index (χ0) is 5.66. The van der Waals surface area contributed by atoms with E-state index in [0.29, 0.717) is 0 Å². The van der Waals surface area contributed by atoms with Gasteiger partial charge < -0.3 is 16.5 Å². The minimum Gasteiger partial charge on any atom is -0.425 e. The van der Waals surface area contributed by atoms with Crippen LogP contribution in [-0.2, 0) is 16.5 Å². The standard InChI is InChI=1S/H8O4Si4.2H2/c1-5-2-7-4-8-3-6-1;;/h5-8H2;2*1H. The van der Waals surface area contributed by atoms with Crippen molar-refractivity contribution in [1.29, 1.82) is 0 Å². The van der Waals surface area contributed by atoms with Gasteiger partial charge in [-0.1, -0.05) is 0 Å². The molecule has 1 heterocycles. The summed E-state index contributed by atoms with van der Waals surface area (Å²) in [6, 6.07) is 0. The zero-order valence-corrected chi connectivity index (χ0v) is 10.1. The molecular formula is H12O4Si4. The third-order valence-electron chi connectivity index (χ3n) is 0.667. The van der Waals surface area contributed by atoms with Crippen LogP contribution < -0.4 is 0 Å². The molecule has 0 aliphatic carbocycles. The molecule has 8 heteroatoms. The highest BCUT2D eigenvalue weighted by atomic mass is 28.4. The second kappa shape index (κ2) is 4.57. The summed E-state index contributed by atoms with van der Waals surface area (Å²) in [5.41, 5.74) is 0. The van der Waals surface area contributed by atoms with E-state index in [2.05, 4.69) is 0 Å². The average molecular weight is 188 g/mol. The van der Waals surface area contributed by atoms with E-state index in [1.54, 1.807) is 0 Å². The Labute approximate surface area is 60.1 Å². The summed E-state index contributed by atoms with van der Waals surface area (Å²) in [4.78, 5) is 0. The lowest BCUT2D eigenvalue weighted by atomic mass is 15.7. The molecule has 0 spiro atoms. The molecule has 0 aromatic heterocycles. The molecule has 1 aliphatic heterocycles. The van der Waals surface area contributed by atoms with E-state index in [4.69, 9.17) is 16.5 Å². The van der Waals surface area contributed by atoms with Crippen molar-refractivity contribution in [2.75, 3.05) is 0 Å². The largest absolute Gasteiger partial charge is 0.425 e. The van der Waals surface area contributed by atoms with Gasteiger partial charge in [-0.15, -0.1) is 0 Å². The predicted octanol–water partition coefficient (Wildman–Crippen LogP) is -3.45. The van der Waals surface area contributed by atoms with Crippen molar-refractivity contribution in [3.05, 3.63) is 0 Å². The van der Waals surface area contributed by atoms with Crippen LogP contribution in [0.1, 0.15) is 2.85 Å². The lowest BCUT2D eigenvalue weighted by Crippen LogP contribution is -2.23. The van der Waals surface area contributed by atoms with Gasteiger partial charge in [0.1, 0.15) is 0 Å². The zero-order valence-electron chi connectivity index (χ0n) is 4.46. The van der Waals surface area contributed by atoms with E-state index in [9.17, 15) is 0 Å². The number of hydrogen-bond donors (Lipinski definition) is 0. The van der Waals surface area contributed by atoms with Gasteiger partial charge in [0.2, 0.25) is 0 Å². The maximum Gasteiger partial charge on any atom is 0.286 e. The molecule has 1 fully saturated rings. The molecule has 52 valence electrons. The molecule has 0 N–H and O–H groups in total. The summed E-state index contributed by atoms with van der Waals surface area (Å²) in [5, 5.41) is 0. The lowest BCUT2D eigenvalue weighted by Gasteiger charge is -2.10. The fraction of sp³-hybridized carbons (Fsp3) is 0. The highest BCUT2D eigenvalue weighted by molar-refractivity contribution is 6.50. The second-order valence-corrected chi connectivity index (χ2v) is 8.76. The fourth-order valence-electron chi connectivity index (χ4n) is 0.372. The third-order valence-corrected chi connectivity index (χ3v) is 6.00. The molecule has 0 saturated carbocycles. The van der Waals surface area contributed by atoms with Crippen LogP contribution in [0.25, 0.3) is 0 Å². The van der Waals surface area contributed by atoms with Crippen LogP contribution >= 0.6 is 0 Å². The second-order valence-electron chi connectivity index (χ2n) is 1.29. The Morgan fingerprint density at radius 3 is 1.12 bits per heavy atom. The van der Waals surface area contributed by atoms with Gasteiger partial charge in [-0.2, -0.15) is 0 Å². The van der Waals surface area contributed by atoms with Crippen molar-refractivity contribution < 1.29 is 19.3 Å². The van der Waals surface area contributed by atoms with E-state index >= 15 is 0 Å². The monoisotopic (exact) mass is 188 g/mol. The lowest BCUT2D eigenvalue weighted by molar-refractivity contribution is 0.347. The van der Waals surface area contributed by atoms with Gasteiger partial charge in [0.25, 0.3) is 40.0 Å². The quantitative estimate of drug-likeness (QED) is 0.371. The Kier molecular flexibility index (Phi) is 3.90. The third kappa shape index (κ3) is 2.88. The molecule has 0 atom stereocenters. The maximum atomic E-state index is 5.10. The topological polar surface area (TPSA) is 36.9 Å². The molecule has 1 aliphatic rings. The predicted molar refractivity (Wildman–Crippen MR) is 42.7 cm³/mol. The first-order valence-corrected chi connectivity index (χ1v) is 6.93. The van der Waals surface area contributed by atoms with Crippen molar-refractivity contribution in [3.63, 3.8) is 0 Å². The molecule has 0 unspecified atom stereocenters. The summed E-state index contributed by atoms with van der Waals surface area (Å²) in [6.45, 7) is 0. The van der Waals surface area contributed by atoms with Crippen molar-refractivity contribution in [2.45, 2.75) is 0 Å². The molecule has 0 radical (unpaired) electrons. The summed E-state index contributed by atoms with van der Waals surface area (Å²) >= 11 is 0. The van der Waals surface area contributed by atoms with Crippen LogP contribution in [0.4, 0.5) is 0 Å². The number of hydrogen-bond acceptors (Lipinski definition) is 4. The van der Waals surface area contributed by atoms with E-state index in [-0.39, 0.29) is 2.85 Å². The molecule has 4 nitrogen and oxygen atoms in total. The van der Waals surface area contributed by atoms with E-state index in [1.165, 1.54) is 0 Å². The molecule has 0 aromatic carbocycles. The van der Waals surface area contributed by atoms with Crippen molar-refractivity contribution in [2.24, 2.45) is 0 Å². The molecule has 1 rings (SSSR count). The van der Waals surface area contributed by atoms with Crippen LogP contribution in [0.15, 0.2) is 0 Å². The normalized spacial score (nSPS) is 36.0. The van der Waals surface area contributed by atoms with Gasteiger partial charge in [0, 0.05) is 2.85 Å². The van der Waals surface area contributed by atoms with Crippen molar-refractivity contribution >= 4 is 40.0 Å². The molecule has 1 saturated heterocycles. The van der Waals surface area contributed by atoms with Crippen LogP contribution in [-0.4, -0.2) is 40.0 Å². The molecule has 0 bridgehead atoms. The van der Waals surface area contributed by atoms with Gasteiger partial charge in [-0.25, -0.2) is 0 Å². The van der Waals surface area contributed by atoms with Gasteiger partial charge in [-0.05, 0) is 0 Å². The molecule has 0 amide bonds. The summed E-state index contributed by atoms with van der Waals surface area (Å²) in [5.74, 6) is 0. The van der Waals surface area contributed by atoms with E-state index in [1.807, 2.05) is 0 Å².